The summed E-state index contributed by atoms with van der Waals surface area (Å²) in [6.07, 6.45) is -0.179. The zero-order valence-electron chi connectivity index (χ0n) is 16.8. The predicted octanol–water partition coefficient (Wildman–Crippen LogP) is 2.43. The van der Waals surface area contributed by atoms with E-state index in [1.165, 1.54) is 30.3 Å². The average molecular weight is 478 g/mol. The molecule has 32 heavy (non-hydrogen) atoms. The number of nitrogens with two attached hydrogens (primary N) is 1. The van der Waals surface area contributed by atoms with Gasteiger partial charge in [-0.25, -0.2) is 8.42 Å². The first-order valence-electron chi connectivity index (χ1n) is 9.28. The molecule has 0 spiro atoms. The van der Waals surface area contributed by atoms with Crippen LogP contribution < -0.4 is 15.2 Å². The minimum atomic E-state index is -3.81. The number of carbonyl (C=O) groups is 2. The van der Waals surface area contributed by atoms with Gasteiger partial charge in [0.2, 0.25) is 20.1 Å². The van der Waals surface area contributed by atoms with Gasteiger partial charge in [-0.15, -0.1) is 5.10 Å². The van der Waals surface area contributed by atoms with Crippen molar-refractivity contribution in [1.82, 2.24) is 10.2 Å². The number of rotatable bonds is 10. The van der Waals surface area contributed by atoms with Crippen molar-refractivity contribution in [3.05, 3.63) is 59.2 Å². The van der Waals surface area contributed by atoms with Crippen LogP contribution in [0.4, 0.5) is 0 Å². The maximum absolute atomic E-state index is 12.7. The van der Waals surface area contributed by atoms with Gasteiger partial charge < -0.3 is 20.3 Å². The van der Waals surface area contributed by atoms with Gasteiger partial charge in [-0.1, -0.05) is 23.3 Å². The van der Waals surface area contributed by atoms with Gasteiger partial charge in [0.05, 0.1) is 18.8 Å². The molecule has 168 valence electrons. The summed E-state index contributed by atoms with van der Waals surface area (Å²) in [5.41, 5.74) is 6.44. The average Bonchev–Trinajstić information content (AvgIpc) is 3.19. The summed E-state index contributed by atoms with van der Waals surface area (Å²) in [5.74, 6) is -1.37. The number of ether oxygens (including phenoxy) is 2. The molecule has 0 aliphatic carbocycles. The fourth-order valence-electron chi connectivity index (χ4n) is 2.69. The standard InChI is InChI=1S/C20H19N3O7S2/c1-2-29-16-9-13(10-17(24)25)5-8-15(16)30-19-22-23-20(31-19)32(27,28)11-12-3-6-14(7-4-12)18(21)26/h3-9H,2,10-11H2,1H3,(H2,21,26)(H,24,25). The molecule has 12 heteroatoms. The van der Waals surface area contributed by atoms with Gasteiger partial charge in [-0.05, 0) is 53.7 Å². The van der Waals surface area contributed by atoms with Crippen LogP contribution in [0.25, 0.3) is 0 Å². The summed E-state index contributed by atoms with van der Waals surface area (Å²) in [6.45, 7) is 2.08. The van der Waals surface area contributed by atoms with Gasteiger partial charge in [0.1, 0.15) is 0 Å². The molecule has 2 aromatic carbocycles. The Hall–Kier alpha value is -3.51. The zero-order chi connectivity index (χ0) is 23.3. The van der Waals surface area contributed by atoms with Gasteiger partial charge in [0, 0.05) is 5.56 Å². The molecule has 0 saturated carbocycles. The number of primary amides is 1. The molecule has 10 nitrogen and oxygen atoms in total. The van der Waals surface area contributed by atoms with Crippen LogP contribution in [0.1, 0.15) is 28.4 Å². The first kappa shape index (κ1) is 23.2. The second kappa shape index (κ2) is 9.75. The molecule has 1 aromatic heterocycles. The monoisotopic (exact) mass is 477 g/mol. The topological polar surface area (TPSA) is 159 Å². The van der Waals surface area contributed by atoms with E-state index in [1.54, 1.807) is 19.1 Å². The number of hydrogen-bond acceptors (Lipinski definition) is 9. The normalized spacial score (nSPS) is 11.2. The molecule has 3 rings (SSSR count). The maximum atomic E-state index is 12.7. The van der Waals surface area contributed by atoms with Gasteiger partial charge in [-0.3, -0.25) is 9.59 Å². The Balaban J connectivity index is 1.77. The zero-order valence-corrected chi connectivity index (χ0v) is 18.5. The number of amides is 1. The van der Waals surface area contributed by atoms with Crippen molar-refractivity contribution >= 4 is 33.1 Å². The highest BCUT2D eigenvalue weighted by molar-refractivity contribution is 7.92. The highest BCUT2D eigenvalue weighted by Crippen LogP contribution is 2.35. The molecule has 0 atom stereocenters. The highest BCUT2D eigenvalue weighted by Gasteiger charge is 2.22. The minimum absolute atomic E-state index is 0.0143. The van der Waals surface area contributed by atoms with Crippen molar-refractivity contribution in [3.63, 3.8) is 0 Å². The minimum Gasteiger partial charge on any atom is -0.490 e. The van der Waals surface area contributed by atoms with Gasteiger partial charge in [0.15, 0.2) is 11.5 Å². The van der Waals surface area contributed by atoms with Crippen LogP contribution in [0, 0.1) is 0 Å². The molecule has 1 amide bonds. The van der Waals surface area contributed by atoms with Crippen LogP contribution in [0.5, 0.6) is 16.7 Å². The van der Waals surface area contributed by atoms with Gasteiger partial charge >= 0.3 is 11.2 Å². The summed E-state index contributed by atoms with van der Waals surface area (Å²) in [5, 5.41) is 16.4. The molecule has 1 heterocycles. The molecule has 0 unspecified atom stereocenters. The molecule has 0 bridgehead atoms. The van der Waals surface area contributed by atoms with E-state index in [9.17, 15) is 18.0 Å². The van der Waals surface area contributed by atoms with E-state index in [1.807, 2.05) is 0 Å². The summed E-state index contributed by atoms with van der Waals surface area (Å²) >= 11 is 0.747. The molecule has 0 saturated heterocycles. The largest absolute Gasteiger partial charge is 0.490 e. The molecule has 0 fully saturated rings. The fraction of sp³-hybridized carbons (Fsp3) is 0.200. The number of benzene rings is 2. The molecular weight excluding hydrogens is 458 g/mol. The molecule has 0 radical (unpaired) electrons. The van der Waals surface area contributed by atoms with Crippen molar-refractivity contribution in [2.75, 3.05) is 6.61 Å². The van der Waals surface area contributed by atoms with Crippen LogP contribution in [-0.2, 0) is 26.8 Å². The lowest BCUT2D eigenvalue weighted by molar-refractivity contribution is -0.136. The van der Waals surface area contributed by atoms with E-state index in [4.69, 9.17) is 20.3 Å². The van der Waals surface area contributed by atoms with E-state index in [0.717, 1.165) is 11.3 Å². The summed E-state index contributed by atoms with van der Waals surface area (Å²) in [4.78, 5) is 22.1. The smallest absolute Gasteiger partial charge is 0.307 e. The summed E-state index contributed by atoms with van der Waals surface area (Å²) in [6, 6.07) is 10.5. The van der Waals surface area contributed by atoms with Crippen LogP contribution in [0.15, 0.2) is 46.8 Å². The summed E-state index contributed by atoms with van der Waals surface area (Å²) < 4.78 is 36.3. The SMILES string of the molecule is CCOc1cc(CC(=O)O)ccc1Oc1nnc(S(=O)(=O)Cc2ccc(C(N)=O)cc2)s1. The van der Waals surface area contributed by atoms with E-state index in [0.29, 0.717) is 23.5 Å². The lowest BCUT2D eigenvalue weighted by Gasteiger charge is -2.10. The second-order valence-electron chi connectivity index (χ2n) is 6.54. The molecule has 3 N–H and O–H groups in total. The van der Waals surface area contributed by atoms with E-state index in [-0.39, 0.29) is 33.0 Å². The fourth-order valence-corrected chi connectivity index (χ4v) is 4.96. The highest BCUT2D eigenvalue weighted by atomic mass is 32.2. The lowest BCUT2D eigenvalue weighted by atomic mass is 10.1. The number of nitrogens with zero attached hydrogens (tertiary/aromatic N) is 2. The predicted molar refractivity (Wildman–Crippen MR) is 115 cm³/mol. The Kier molecular flexibility index (Phi) is 7.05. The van der Waals surface area contributed by atoms with E-state index in [2.05, 4.69) is 10.2 Å². The number of hydrogen-bond donors (Lipinski definition) is 2. The third-order valence-corrected chi connectivity index (χ3v) is 7.04. The van der Waals surface area contributed by atoms with Crippen molar-refractivity contribution in [3.8, 4) is 16.7 Å². The quantitative estimate of drug-likeness (QED) is 0.447. The third kappa shape index (κ3) is 5.80. The summed E-state index contributed by atoms with van der Waals surface area (Å²) in [7, 11) is -3.81. The van der Waals surface area contributed by atoms with Crippen molar-refractivity contribution < 1.29 is 32.6 Å². The molecular formula is C20H19N3O7S2. The number of carbonyl (C=O) groups excluding carboxylic acids is 1. The van der Waals surface area contributed by atoms with Crippen molar-refractivity contribution in [1.29, 1.82) is 0 Å². The maximum Gasteiger partial charge on any atom is 0.307 e. The van der Waals surface area contributed by atoms with Crippen LogP contribution in [0.3, 0.4) is 0 Å². The lowest BCUT2D eigenvalue weighted by Crippen LogP contribution is -2.11. The third-order valence-electron chi connectivity index (χ3n) is 4.11. The molecule has 3 aromatic rings. The first-order chi connectivity index (χ1) is 15.2. The first-order valence-corrected chi connectivity index (χ1v) is 11.7. The number of carboxylic acid groups (broad SMARTS) is 1. The van der Waals surface area contributed by atoms with Crippen LogP contribution >= 0.6 is 11.3 Å². The molecule has 0 aliphatic heterocycles. The number of aromatic nitrogens is 2. The Morgan fingerprint density at radius 3 is 2.38 bits per heavy atom. The number of carboxylic acids is 1. The Labute approximate surface area is 187 Å². The Bertz CT molecular complexity index is 1240. The Morgan fingerprint density at radius 1 is 1.06 bits per heavy atom. The van der Waals surface area contributed by atoms with Crippen molar-refractivity contribution in [2.45, 2.75) is 23.4 Å². The van der Waals surface area contributed by atoms with Crippen LogP contribution in [0.2, 0.25) is 0 Å². The van der Waals surface area contributed by atoms with Gasteiger partial charge in [-0.2, -0.15) is 0 Å². The number of sulfone groups is 1. The van der Waals surface area contributed by atoms with E-state index >= 15 is 0 Å². The number of aliphatic carboxylic acids is 1. The van der Waals surface area contributed by atoms with Crippen molar-refractivity contribution in [2.24, 2.45) is 5.73 Å². The Morgan fingerprint density at radius 2 is 1.75 bits per heavy atom. The second-order valence-corrected chi connectivity index (χ2v) is 9.64. The van der Waals surface area contributed by atoms with E-state index < -0.39 is 21.7 Å². The molecule has 0 aliphatic rings. The van der Waals surface area contributed by atoms with Gasteiger partial charge in [0.25, 0.3) is 0 Å². The van der Waals surface area contributed by atoms with Crippen LogP contribution in [-0.4, -0.2) is 42.2 Å².